The fourth-order valence-corrected chi connectivity index (χ4v) is 1.00. The van der Waals surface area contributed by atoms with Crippen LogP contribution in [-0.2, 0) is 4.79 Å². The fraction of sp³-hybridized carbons (Fsp3) is 0. The average molecular weight is 232 g/mol. The van der Waals surface area contributed by atoms with Gasteiger partial charge in [0.05, 0.1) is 0 Å². The minimum Gasteiger partial charge on any atom is -0.382 e. The summed E-state index contributed by atoms with van der Waals surface area (Å²) in [6.07, 6.45) is 5.67. The smallest absolute Gasteiger partial charge is 0.240 e. The monoisotopic (exact) mass is 232 g/mol. The molecule has 0 aliphatic carbocycles. The number of imidazole rings is 1. The maximum absolute atomic E-state index is 9.47. The lowest BCUT2D eigenvalue weighted by molar-refractivity contribution is -0.113. The van der Waals surface area contributed by atoms with Gasteiger partial charge in [-0.25, -0.2) is 15.0 Å². The number of hydrogen-bond acceptors (Lipinski definition) is 5. The molecule has 7 nitrogen and oxygen atoms in total. The summed E-state index contributed by atoms with van der Waals surface area (Å²) in [4.78, 5) is 21.3. The number of hydrogen-bond donors (Lipinski definition) is 2. The molecule has 7 heteroatoms. The molecule has 0 spiro atoms. The van der Waals surface area contributed by atoms with Crippen molar-refractivity contribution in [3.8, 4) is 0 Å². The molecule has 2 rings (SSSR count). The van der Waals surface area contributed by atoms with Crippen LogP contribution in [0.2, 0.25) is 0 Å². The number of carbonyl (C=O) groups is 1. The first kappa shape index (κ1) is 12.4. The summed E-state index contributed by atoms with van der Waals surface area (Å²) in [5, 5.41) is 0. The van der Waals surface area contributed by atoms with Gasteiger partial charge in [-0.15, -0.1) is 0 Å². The van der Waals surface area contributed by atoms with Crippen LogP contribution in [0.4, 0.5) is 5.82 Å². The van der Waals surface area contributed by atoms with Crippen LogP contribution in [0, 0.1) is 0 Å². The molecule has 0 saturated heterocycles. The molecule has 0 aromatic carbocycles. The lowest BCUT2D eigenvalue weighted by Gasteiger charge is -1.93. The summed E-state index contributed by atoms with van der Waals surface area (Å²) in [6.45, 7) is 6.69. The number of rotatable bonds is 2. The summed E-state index contributed by atoms with van der Waals surface area (Å²) in [5.74, 6) is -0.0920. The molecule has 2 aromatic heterocycles. The maximum Gasteiger partial charge on any atom is 0.240 e. The number of carbonyl (C=O) groups excluding carboxylic acids is 1. The Hall–Kier alpha value is -2.70. The van der Waals surface area contributed by atoms with Crippen LogP contribution in [0.15, 0.2) is 31.9 Å². The summed E-state index contributed by atoms with van der Waals surface area (Å²) in [5.41, 5.74) is 11.4. The molecule has 0 atom stereocenters. The summed E-state index contributed by atoms with van der Waals surface area (Å²) < 4.78 is 1.69. The van der Waals surface area contributed by atoms with E-state index in [0.29, 0.717) is 17.0 Å². The molecule has 0 aliphatic heterocycles. The van der Waals surface area contributed by atoms with Crippen LogP contribution in [0.3, 0.4) is 0 Å². The Morgan fingerprint density at radius 3 is 2.53 bits per heavy atom. The van der Waals surface area contributed by atoms with Gasteiger partial charge in [0.1, 0.15) is 12.7 Å². The molecule has 0 unspecified atom stereocenters. The Balaban J connectivity index is 0.000000249. The van der Waals surface area contributed by atoms with Gasteiger partial charge in [-0.05, 0) is 6.08 Å². The Morgan fingerprint density at radius 1 is 1.35 bits per heavy atom. The summed E-state index contributed by atoms with van der Waals surface area (Å²) in [7, 11) is 0. The van der Waals surface area contributed by atoms with Gasteiger partial charge in [-0.1, -0.05) is 13.2 Å². The van der Waals surface area contributed by atoms with Crippen LogP contribution >= 0.6 is 0 Å². The van der Waals surface area contributed by atoms with Crippen molar-refractivity contribution in [1.82, 2.24) is 19.5 Å². The quantitative estimate of drug-likeness (QED) is 0.716. The number of nitrogen functional groups attached to an aromatic ring is 1. The molecule has 0 radical (unpaired) electrons. The van der Waals surface area contributed by atoms with Crippen LogP contribution in [0.1, 0.15) is 0 Å². The highest BCUT2D eigenvalue weighted by molar-refractivity contribution is 5.85. The van der Waals surface area contributed by atoms with Gasteiger partial charge in [0.25, 0.3) is 0 Å². The van der Waals surface area contributed by atoms with E-state index in [-0.39, 0.29) is 0 Å². The predicted octanol–water partition coefficient (Wildman–Crippen LogP) is 0.167. The first-order valence-corrected chi connectivity index (χ1v) is 4.57. The number of nitrogens with zero attached hydrogens (tertiary/aromatic N) is 4. The van der Waals surface area contributed by atoms with Gasteiger partial charge in [0, 0.05) is 6.20 Å². The van der Waals surface area contributed by atoms with Crippen molar-refractivity contribution in [3.05, 3.63) is 31.9 Å². The molecule has 2 heterocycles. The second-order valence-electron chi connectivity index (χ2n) is 2.87. The highest BCUT2D eigenvalue weighted by Gasteiger charge is 2.04. The minimum atomic E-state index is -0.481. The third-order valence-corrected chi connectivity index (χ3v) is 1.78. The van der Waals surface area contributed by atoms with Crippen LogP contribution in [-0.4, -0.2) is 25.4 Å². The largest absolute Gasteiger partial charge is 0.382 e. The van der Waals surface area contributed by atoms with Crippen molar-refractivity contribution < 1.29 is 4.79 Å². The summed E-state index contributed by atoms with van der Waals surface area (Å²) >= 11 is 0. The Kier molecular flexibility index (Phi) is 3.93. The van der Waals surface area contributed by atoms with Crippen molar-refractivity contribution in [2.45, 2.75) is 0 Å². The normalized spacial score (nSPS) is 9.18. The Morgan fingerprint density at radius 2 is 2.00 bits per heavy atom. The number of fused-ring (bicyclic) bond motifs is 1. The highest BCUT2D eigenvalue weighted by atomic mass is 16.1. The van der Waals surface area contributed by atoms with E-state index in [0.717, 1.165) is 6.08 Å². The van der Waals surface area contributed by atoms with E-state index in [4.69, 9.17) is 5.73 Å². The molecule has 0 fully saturated rings. The lowest BCUT2D eigenvalue weighted by atomic mass is 10.5. The SMILES string of the molecule is C=CC(N)=O.C=Cn1cnc2c(N)ncnc21. The average Bonchev–Trinajstić information content (AvgIpc) is 2.74. The fourth-order valence-electron chi connectivity index (χ4n) is 1.00. The lowest BCUT2D eigenvalue weighted by Crippen LogP contribution is -2.04. The number of anilines is 1. The zero-order valence-corrected chi connectivity index (χ0v) is 9.08. The first-order chi connectivity index (χ1) is 8.10. The van der Waals surface area contributed by atoms with Crippen LogP contribution < -0.4 is 11.5 Å². The topological polar surface area (TPSA) is 113 Å². The van der Waals surface area contributed by atoms with Gasteiger partial charge < -0.3 is 11.5 Å². The van der Waals surface area contributed by atoms with E-state index in [1.165, 1.54) is 6.33 Å². The molecule has 1 amide bonds. The second kappa shape index (κ2) is 5.40. The Bertz CT molecular complexity index is 559. The standard InChI is InChI=1S/C7H7N5.C3H5NO/c1-2-12-4-11-5-6(8)9-3-10-7(5)12;1-2-3(4)5/h2-4H,1H2,(H2,8,9,10);2H,1H2,(H2,4,5). The van der Waals surface area contributed by atoms with Gasteiger partial charge in [-0.2, -0.15) is 0 Å². The predicted molar refractivity (Wildman–Crippen MR) is 65.5 cm³/mol. The van der Waals surface area contributed by atoms with Crippen LogP contribution in [0.25, 0.3) is 17.4 Å². The van der Waals surface area contributed by atoms with Gasteiger partial charge in [0.2, 0.25) is 5.91 Å². The van der Waals surface area contributed by atoms with Crippen molar-refractivity contribution in [2.75, 3.05) is 5.73 Å². The molecule has 0 saturated carbocycles. The summed E-state index contributed by atoms with van der Waals surface area (Å²) in [6, 6.07) is 0. The molecule has 4 N–H and O–H groups in total. The highest BCUT2D eigenvalue weighted by Crippen LogP contribution is 2.13. The van der Waals surface area contributed by atoms with E-state index in [1.807, 2.05) is 0 Å². The number of amides is 1. The zero-order valence-electron chi connectivity index (χ0n) is 9.08. The third-order valence-electron chi connectivity index (χ3n) is 1.78. The van der Waals surface area contributed by atoms with Crippen molar-refractivity contribution in [3.63, 3.8) is 0 Å². The van der Waals surface area contributed by atoms with E-state index >= 15 is 0 Å². The minimum absolute atomic E-state index is 0.389. The molecule has 2 aromatic rings. The zero-order chi connectivity index (χ0) is 12.8. The van der Waals surface area contributed by atoms with E-state index in [2.05, 4.69) is 33.8 Å². The van der Waals surface area contributed by atoms with Crippen molar-refractivity contribution in [1.29, 1.82) is 0 Å². The Labute approximate surface area is 97.5 Å². The molecular weight excluding hydrogens is 220 g/mol. The molecule has 0 bridgehead atoms. The number of nitrogens with two attached hydrogens (primary N) is 2. The molecule has 17 heavy (non-hydrogen) atoms. The first-order valence-electron chi connectivity index (χ1n) is 4.57. The van der Waals surface area contributed by atoms with E-state index in [9.17, 15) is 4.79 Å². The van der Waals surface area contributed by atoms with Crippen LogP contribution in [0.5, 0.6) is 0 Å². The second-order valence-corrected chi connectivity index (χ2v) is 2.87. The van der Waals surface area contributed by atoms with E-state index < -0.39 is 5.91 Å². The van der Waals surface area contributed by atoms with Gasteiger partial charge >= 0.3 is 0 Å². The van der Waals surface area contributed by atoms with Gasteiger partial charge in [0.15, 0.2) is 17.0 Å². The number of primary amides is 1. The van der Waals surface area contributed by atoms with Crippen molar-refractivity contribution in [2.24, 2.45) is 5.73 Å². The maximum atomic E-state index is 9.47. The number of aromatic nitrogens is 4. The van der Waals surface area contributed by atoms with Crippen molar-refractivity contribution >= 4 is 29.1 Å². The van der Waals surface area contributed by atoms with E-state index in [1.54, 1.807) is 17.1 Å². The van der Waals surface area contributed by atoms with Gasteiger partial charge in [-0.3, -0.25) is 9.36 Å². The third kappa shape index (κ3) is 2.88. The molecule has 88 valence electrons. The molecular formula is C10H12N6O. The molecule has 0 aliphatic rings.